The van der Waals surface area contributed by atoms with Gasteiger partial charge in [0.2, 0.25) is 5.91 Å². The van der Waals surface area contributed by atoms with Gasteiger partial charge in [-0.15, -0.1) is 0 Å². The van der Waals surface area contributed by atoms with Crippen LogP contribution in [0.5, 0.6) is 0 Å². The van der Waals surface area contributed by atoms with Crippen LogP contribution in [0.2, 0.25) is 10.1 Å². The Morgan fingerprint density at radius 3 is 2.45 bits per heavy atom. The summed E-state index contributed by atoms with van der Waals surface area (Å²) >= 11 is 0. The summed E-state index contributed by atoms with van der Waals surface area (Å²) in [6, 6.07) is 1.53. The van der Waals surface area contributed by atoms with E-state index in [1.54, 1.807) is 0 Å². The summed E-state index contributed by atoms with van der Waals surface area (Å²) in [4.78, 5) is 39.4. The average molecular weight is 452 g/mol. The predicted molar refractivity (Wildman–Crippen MR) is 117 cm³/mol. The summed E-state index contributed by atoms with van der Waals surface area (Å²) in [5.74, 6) is -0.500. The number of carbonyl (C=O) groups excluding carboxylic acids is 2. The number of ether oxygens (including phenoxy) is 1. The SMILES string of the molecule is CC(=O)Nc1ccn([C@@H]2O[C@@H]3CO[Si](C(C)(C)C)(C(C)(C)C)O[C@H]3[C@H]2CC=O)c(=O)n1. The Hall–Kier alpha value is -1.88. The third kappa shape index (κ3) is 4.26. The molecule has 0 aromatic carbocycles. The van der Waals surface area contributed by atoms with Gasteiger partial charge in [-0.3, -0.25) is 9.36 Å². The summed E-state index contributed by atoms with van der Waals surface area (Å²) in [7, 11) is -2.76. The van der Waals surface area contributed by atoms with Gasteiger partial charge in [0.15, 0.2) is 0 Å². The van der Waals surface area contributed by atoms with E-state index in [2.05, 4.69) is 51.8 Å². The monoisotopic (exact) mass is 451 g/mol. The molecule has 0 spiro atoms. The fraction of sp³-hybridized carbons (Fsp3) is 0.714. The van der Waals surface area contributed by atoms with E-state index in [1.165, 1.54) is 23.8 Å². The minimum Gasteiger partial charge on any atom is -0.391 e. The molecule has 2 aliphatic rings. The van der Waals surface area contributed by atoms with Gasteiger partial charge in [-0.05, 0) is 6.07 Å². The summed E-state index contributed by atoms with van der Waals surface area (Å²) in [5, 5.41) is 2.07. The number of hydrogen-bond acceptors (Lipinski definition) is 7. The van der Waals surface area contributed by atoms with Crippen LogP contribution in [0.3, 0.4) is 0 Å². The first-order valence-corrected chi connectivity index (χ1v) is 12.4. The van der Waals surface area contributed by atoms with Gasteiger partial charge < -0.3 is 23.7 Å². The van der Waals surface area contributed by atoms with Gasteiger partial charge in [0.1, 0.15) is 24.4 Å². The highest BCUT2D eigenvalue weighted by Gasteiger charge is 2.64. The first-order chi connectivity index (χ1) is 14.3. The highest BCUT2D eigenvalue weighted by Crippen LogP contribution is 2.56. The fourth-order valence-corrected chi connectivity index (χ4v) is 9.92. The van der Waals surface area contributed by atoms with Crippen LogP contribution >= 0.6 is 0 Å². The zero-order valence-electron chi connectivity index (χ0n) is 19.3. The topological polar surface area (TPSA) is 109 Å². The second-order valence-electron chi connectivity index (χ2n) is 10.3. The highest BCUT2D eigenvalue weighted by molar-refractivity contribution is 6.73. The lowest BCUT2D eigenvalue weighted by Gasteiger charge is -2.53. The van der Waals surface area contributed by atoms with Gasteiger partial charge in [-0.2, -0.15) is 4.98 Å². The Morgan fingerprint density at radius 2 is 1.94 bits per heavy atom. The van der Waals surface area contributed by atoms with Gasteiger partial charge >= 0.3 is 14.3 Å². The maximum Gasteiger partial charge on any atom is 0.351 e. The molecule has 2 aliphatic heterocycles. The van der Waals surface area contributed by atoms with Gasteiger partial charge in [0.25, 0.3) is 0 Å². The van der Waals surface area contributed by atoms with Crippen LogP contribution in [0.25, 0.3) is 0 Å². The highest BCUT2D eigenvalue weighted by atomic mass is 28.4. The largest absolute Gasteiger partial charge is 0.391 e. The summed E-state index contributed by atoms with van der Waals surface area (Å²) in [6.45, 7) is 14.5. The van der Waals surface area contributed by atoms with Crippen LogP contribution in [-0.2, 0) is 23.2 Å². The normalized spacial score (nSPS) is 28.1. The molecule has 2 saturated heterocycles. The molecular formula is C21H33N3O6Si. The number of fused-ring (bicyclic) bond motifs is 1. The maximum atomic E-state index is 12.7. The van der Waals surface area contributed by atoms with E-state index in [4.69, 9.17) is 13.6 Å². The molecule has 0 radical (unpaired) electrons. The van der Waals surface area contributed by atoms with Crippen molar-refractivity contribution in [1.29, 1.82) is 0 Å². The van der Waals surface area contributed by atoms with E-state index in [0.717, 1.165) is 6.29 Å². The minimum absolute atomic E-state index is 0.169. The van der Waals surface area contributed by atoms with Gasteiger partial charge in [0, 0.05) is 35.5 Å². The van der Waals surface area contributed by atoms with Crippen LogP contribution in [0.4, 0.5) is 5.82 Å². The van der Waals surface area contributed by atoms with Crippen molar-refractivity contribution in [2.45, 2.75) is 83.4 Å². The smallest absolute Gasteiger partial charge is 0.351 e. The molecule has 1 N–H and O–H groups in total. The molecule has 9 nitrogen and oxygen atoms in total. The van der Waals surface area contributed by atoms with E-state index >= 15 is 0 Å². The van der Waals surface area contributed by atoms with Gasteiger partial charge in [0.05, 0.1) is 12.7 Å². The molecule has 3 rings (SSSR count). The molecule has 1 amide bonds. The van der Waals surface area contributed by atoms with E-state index in [9.17, 15) is 14.4 Å². The van der Waals surface area contributed by atoms with Gasteiger partial charge in [-0.1, -0.05) is 41.5 Å². The molecule has 10 heteroatoms. The molecule has 4 atom stereocenters. The molecule has 0 aliphatic carbocycles. The molecule has 31 heavy (non-hydrogen) atoms. The lowest BCUT2D eigenvalue weighted by Crippen LogP contribution is -2.64. The van der Waals surface area contributed by atoms with Crippen molar-refractivity contribution in [3.05, 3.63) is 22.7 Å². The lowest BCUT2D eigenvalue weighted by atomic mass is 9.97. The number of nitrogens with one attached hydrogen (secondary N) is 1. The fourth-order valence-electron chi connectivity index (χ4n) is 4.92. The number of hydrogen-bond donors (Lipinski definition) is 1. The van der Waals surface area contributed by atoms with E-state index < -0.39 is 20.5 Å². The summed E-state index contributed by atoms with van der Waals surface area (Å²) in [5.41, 5.74) is -0.568. The van der Waals surface area contributed by atoms with Crippen molar-refractivity contribution in [2.75, 3.05) is 11.9 Å². The lowest BCUT2D eigenvalue weighted by molar-refractivity contribution is -0.114. The Balaban J connectivity index is 1.97. The quantitative estimate of drug-likeness (QED) is 0.554. The van der Waals surface area contributed by atoms with Crippen molar-refractivity contribution >= 4 is 26.6 Å². The van der Waals surface area contributed by atoms with Crippen LogP contribution in [-0.4, -0.2) is 49.1 Å². The number of rotatable bonds is 4. The number of nitrogens with zero attached hydrogens (tertiary/aromatic N) is 2. The number of aldehydes is 1. The second kappa shape index (κ2) is 8.23. The standard InChI is InChI=1S/C21H33N3O6Si/c1-13(26)22-16-8-10-24(19(27)23-16)18-14(9-11-25)17-15(29-18)12-28-31(30-17,20(2,3)4)21(5,6)7/h8,10-11,14-15,17-18H,9,12H2,1-7H3,(H,22,23,26,27)/t14-,15-,17+,18-/m1/s1. The molecule has 2 fully saturated rings. The zero-order chi connectivity index (χ0) is 23.2. The van der Waals surface area contributed by atoms with Crippen molar-refractivity contribution in [1.82, 2.24) is 9.55 Å². The minimum atomic E-state index is -2.76. The third-order valence-corrected chi connectivity index (χ3v) is 11.1. The Labute approximate surface area is 183 Å². The number of amides is 1. The number of anilines is 1. The average Bonchev–Trinajstić information content (AvgIpc) is 2.97. The Morgan fingerprint density at radius 1 is 1.29 bits per heavy atom. The molecule has 0 bridgehead atoms. The van der Waals surface area contributed by atoms with Crippen molar-refractivity contribution in [3.8, 4) is 0 Å². The second-order valence-corrected chi connectivity index (χ2v) is 15.1. The zero-order valence-corrected chi connectivity index (χ0v) is 20.3. The van der Waals surface area contributed by atoms with Crippen molar-refractivity contribution < 1.29 is 23.2 Å². The predicted octanol–water partition coefficient (Wildman–Crippen LogP) is 2.76. The van der Waals surface area contributed by atoms with Crippen molar-refractivity contribution in [2.24, 2.45) is 5.92 Å². The van der Waals surface area contributed by atoms with Crippen molar-refractivity contribution in [3.63, 3.8) is 0 Å². The first-order valence-electron chi connectivity index (χ1n) is 10.6. The third-order valence-electron chi connectivity index (χ3n) is 5.97. The van der Waals surface area contributed by atoms with Gasteiger partial charge in [-0.25, -0.2) is 4.79 Å². The Kier molecular flexibility index (Phi) is 6.31. The van der Waals surface area contributed by atoms with Crippen LogP contribution in [0.1, 0.15) is 61.1 Å². The molecule has 0 unspecified atom stereocenters. The first kappa shape index (κ1) is 23.8. The molecule has 3 heterocycles. The molecule has 0 saturated carbocycles. The summed E-state index contributed by atoms with van der Waals surface area (Å²) < 4.78 is 20.8. The van der Waals surface area contributed by atoms with Crippen LogP contribution < -0.4 is 11.0 Å². The van der Waals surface area contributed by atoms with Crippen LogP contribution in [0, 0.1) is 5.92 Å². The Bertz CT molecular complexity index is 890. The molecule has 172 valence electrons. The molecule has 1 aromatic heterocycles. The summed E-state index contributed by atoms with van der Waals surface area (Å²) in [6.07, 6.45) is 1.09. The molecular weight excluding hydrogens is 418 g/mol. The van der Waals surface area contributed by atoms with E-state index in [1.807, 2.05) is 0 Å². The molecule has 1 aromatic rings. The van der Waals surface area contributed by atoms with E-state index in [0.29, 0.717) is 6.61 Å². The number of carbonyl (C=O) groups is 2. The van der Waals surface area contributed by atoms with Crippen LogP contribution in [0.15, 0.2) is 17.1 Å². The maximum absolute atomic E-state index is 12.7. The van der Waals surface area contributed by atoms with E-state index in [-0.39, 0.29) is 46.3 Å². The number of aromatic nitrogens is 2.